The summed E-state index contributed by atoms with van der Waals surface area (Å²) >= 11 is 0. The number of likely N-dealkylation sites (tertiary alicyclic amines) is 1. The van der Waals surface area contributed by atoms with Gasteiger partial charge < -0.3 is 10.4 Å². The SMILES string of the molecule is CN1CCC[C@H]1c1cnccc1CCCNC(=O)CCC(=O)O. The maximum Gasteiger partial charge on any atom is 0.303 e. The second-order valence-corrected chi connectivity index (χ2v) is 6.06. The van der Waals surface area contributed by atoms with Crippen molar-refractivity contribution in [1.29, 1.82) is 0 Å². The molecule has 2 N–H and O–H groups in total. The van der Waals surface area contributed by atoms with Crippen LogP contribution in [0.15, 0.2) is 18.5 Å². The summed E-state index contributed by atoms with van der Waals surface area (Å²) in [5.74, 6) is -1.14. The zero-order chi connectivity index (χ0) is 16.7. The minimum Gasteiger partial charge on any atom is -0.481 e. The van der Waals surface area contributed by atoms with Crippen LogP contribution in [0.5, 0.6) is 0 Å². The molecule has 2 heterocycles. The third-order valence-corrected chi connectivity index (χ3v) is 4.34. The van der Waals surface area contributed by atoms with E-state index in [-0.39, 0.29) is 18.7 Å². The molecule has 6 nitrogen and oxygen atoms in total. The minimum absolute atomic E-state index is 0.0444. The van der Waals surface area contributed by atoms with Gasteiger partial charge in [0.1, 0.15) is 0 Å². The Morgan fingerprint density at radius 2 is 2.26 bits per heavy atom. The normalized spacial score (nSPS) is 18.0. The van der Waals surface area contributed by atoms with E-state index in [2.05, 4.69) is 28.3 Å². The Labute approximate surface area is 136 Å². The van der Waals surface area contributed by atoms with E-state index in [0.29, 0.717) is 12.6 Å². The van der Waals surface area contributed by atoms with Crippen molar-refractivity contribution in [3.8, 4) is 0 Å². The number of nitrogens with zero attached hydrogens (tertiary/aromatic N) is 2. The van der Waals surface area contributed by atoms with Gasteiger partial charge in [-0.2, -0.15) is 0 Å². The molecule has 1 aliphatic heterocycles. The number of carbonyl (C=O) groups excluding carboxylic acids is 1. The third kappa shape index (κ3) is 5.32. The van der Waals surface area contributed by atoms with Gasteiger partial charge in [-0.25, -0.2) is 0 Å². The fraction of sp³-hybridized carbons (Fsp3) is 0.588. The number of nitrogens with one attached hydrogen (secondary N) is 1. The largest absolute Gasteiger partial charge is 0.481 e. The van der Waals surface area contributed by atoms with Gasteiger partial charge in [-0.05, 0) is 56.5 Å². The number of rotatable bonds is 8. The predicted molar refractivity (Wildman–Crippen MR) is 87.0 cm³/mol. The highest BCUT2D eigenvalue weighted by molar-refractivity contribution is 5.80. The number of aryl methyl sites for hydroxylation is 1. The zero-order valence-corrected chi connectivity index (χ0v) is 13.6. The highest BCUT2D eigenvalue weighted by atomic mass is 16.4. The fourth-order valence-corrected chi connectivity index (χ4v) is 3.08. The summed E-state index contributed by atoms with van der Waals surface area (Å²) in [4.78, 5) is 28.5. The molecule has 1 aliphatic rings. The van der Waals surface area contributed by atoms with Gasteiger partial charge in [0.05, 0.1) is 6.42 Å². The highest BCUT2D eigenvalue weighted by Crippen LogP contribution is 2.32. The maximum atomic E-state index is 11.5. The summed E-state index contributed by atoms with van der Waals surface area (Å²) < 4.78 is 0. The number of amides is 1. The summed E-state index contributed by atoms with van der Waals surface area (Å²) in [5.41, 5.74) is 2.59. The quantitative estimate of drug-likeness (QED) is 0.714. The van der Waals surface area contributed by atoms with Crippen LogP contribution in [0.25, 0.3) is 0 Å². The van der Waals surface area contributed by atoms with Crippen LogP contribution in [0, 0.1) is 0 Å². The Kier molecular flexibility index (Phi) is 6.52. The lowest BCUT2D eigenvalue weighted by Crippen LogP contribution is -2.25. The number of carbonyl (C=O) groups is 2. The molecule has 1 atom stereocenters. The molecule has 1 aromatic rings. The third-order valence-electron chi connectivity index (χ3n) is 4.34. The summed E-state index contributed by atoms with van der Waals surface area (Å²) in [6.07, 6.45) is 7.83. The second-order valence-electron chi connectivity index (χ2n) is 6.06. The Hall–Kier alpha value is -1.95. The van der Waals surface area contributed by atoms with Gasteiger partial charge in [-0.15, -0.1) is 0 Å². The van der Waals surface area contributed by atoms with Gasteiger partial charge in [0.15, 0.2) is 0 Å². The first-order chi connectivity index (χ1) is 11.1. The van der Waals surface area contributed by atoms with Crippen LogP contribution in [0.2, 0.25) is 0 Å². The van der Waals surface area contributed by atoms with E-state index in [1.807, 2.05) is 12.4 Å². The second kappa shape index (κ2) is 8.62. The number of hydrogen-bond donors (Lipinski definition) is 2. The highest BCUT2D eigenvalue weighted by Gasteiger charge is 2.24. The van der Waals surface area contributed by atoms with E-state index in [4.69, 9.17) is 5.11 Å². The molecule has 0 spiro atoms. The monoisotopic (exact) mass is 319 g/mol. The van der Waals surface area contributed by atoms with Crippen LogP contribution >= 0.6 is 0 Å². The fourth-order valence-electron chi connectivity index (χ4n) is 3.08. The molecule has 0 unspecified atom stereocenters. The summed E-state index contributed by atoms with van der Waals surface area (Å²) in [6.45, 7) is 1.69. The number of hydrogen-bond acceptors (Lipinski definition) is 4. The topological polar surface area (TPSA) is 82.5 Å². The molecular formula is C17H25N3O3. The van der Waals surface area contributed by atoms with E-state index < -0.39 is 5.97 Å². The van der Waals surface area contributed by atoms with Crippen LogP contribution in [-0.4, -0.2) is 47.0 Å². The average Bonchev–Trinajstić information content (AvgIpc) is 2.96. The van der Waals surface area contributed by atoms with Crippen LogP contribution in [-0.2, 0) is 16.0 Å². The van der Waals surface area contributed by atoms with Crippen LogP contribution in [0.3, 0.4) is 0 Å². The van der Waals surface area contributed by atoms with Gasteiger partial charge in [-0.3, -0.25) is 19.5 Å². The molecule has 0 radical (unpaired) electrons. The van der Waals surface area contributed by atoms with Crippen molar-refractivity contribution in [2.24, 2.45) is 0 Å². The Balaban J connectivity index is 1.80. The van der Waals surface area contributed by atoms with Crippen LogP contribution in [0.4, 0.5) is 0 Å². The lowest BCUT2D eigenvalue weighted by molar-refractivity contribution is -0.138. The Morgan fingerprint density at radius 3 is 2.96 bits per heavy atom. The molecule has 23 heavy (non-hydrogen) atoms. The van der Waals surface area contributed by atoms with Gasteiger partial charge in [0.25, 0.3) is 0 Å². The summed E-state index contributed by atoms with van der Waals surface area (Å²) in [7, 11) is 2.15. The molecule has 1 amide bonds. The predicted octanol–water partition coefficient (Wildman–Crippen LogP) is 1.76. The van der Waals surface area contributed by atoms with E-state index in [0.717, 1.165) is 19.4 Å². The molecule has 0 bridgehead atoms. The van der Waals surface area contributed by atoms with E-state index in [1.54, 1.807) is 0 Å². The number of aromatic nitrogens is 1. The molecule has 0 aliphatic carbocycles. The standard InChI is InChI=1S/C17H25N3O3/c1-20-11-3-5-15(20)14-12-18-10-8-13(14)4-2-9-19-16(21)6-7-17(22)23/h8,10,12,15H,2-7,9,11H2,1H3,(H,19,21)(H,22,23)/t15-/m0/s1. The van der Waals surface area contributed by atoms with Crippen molar-refractivity contribution in [3.63, 3.8) is 0 Å². The molecule has 0 saturated carbocycles. The van der Waals surface area contributed by atoms with Crippen LogP contribution < -0.4 is 5.32 Å². The van der Waals surface area contributed by atoms with Crippen molar-refractivity contribution >= 4 is 11.9 Å². The van der Waals surface area contributed by atoms with Crippen molar-refractivity contribution in [2.45, 2.75) is 44.6 Å². The lowest BCUT2D eigenvalue weighted by Gasteiger charge is -2.22. The van der Waals surface area contributed by atoms with Crippen molar-refractivity contribution < 1.29 is 14.7 Å². The number of carboxylic acids is 1. The molecular weight excluding hydrogens is 294 g/mol. The van der Waals surface area contributed by atoms with Gasteiger partial charge in [-0.1, -0.05) is 0 Å². The maximum absolute atomic E-state index is 11.5. The molecule has 1 aromatic heterocycles. The molecule has 2 rings (SSSR count). The van der Waals surface area contributed by atoms with E-state index >= 15 is 0 Å². The first-order valence-corrected chi connectivity index (χ1v) is 8.19. The Bertz CT molecular complexity index is 548. The van der Waals surface area contributed by atoms with Gasteiger partial charge >= 0.3 is 5.97 Å². The molecule has 1 saturated heterocycles. The lowest BCUT2D eigenvalue weighted by atomic mass is 9.98. The minimum atomic E-state index is -0.942. The first-order valence-electron chi connectivity index (χ1n) is 8.19. The van der Waals surface area contributed by atoms with Crippen molar-refractivity contribution in [1.82, 2.24) is 15.2 Å². The number of carboxylic acid groups (broad SMARTS) is 1. The summed E-state index contributed by atoms with van der Waals surface area (Å²) in [5, 5.41) is 11.3. The van der Waals surface area contributed by atoms with E-state index in [1.165, 1.54) is 24.0 Å². The molecule has 0 aromatic carbocycles. The smallest absolute Gasteiger partial charge is 0.303 e. The van der Waals surface area contributed by atoms with Gasteiger partial charge in [0.2, 0.25) is 5.91 Å². The molecule has 1 fully saturated rings. The molecule has 6 heteroatoms. The van der Waals surface area contributed by atoms with E-state index in [9.17, 15) is 9.59 Å². The van der Waals surface area contributed by atoms with Crippen molar-refractivity contribution in [3.05, 3.63) is 29.6 Å². The summed E-state index contributed by atoms with van der Waals surface area (Å²) in [6, 6.07) is 2.51. The molecule has 126 valence electrons. The van der Waals surface area contributed by atoms with Gasteiger partial charge in [0, 0.05) is 31.4 Å². The first kappa shape index (κ1) is 17.4. The zero-order valence-electron chi connectivity index (χ0n) is 13.6. The number of aliphatic carboxylic acids is 1. The average molecular weight is 319 g/mol. The number of pyridine rings is 1. The van der Waals surface area contributed by atoms with Crippen molar-refractivity contribution in [2.75, 3.05) is 20.1 Å². The van der Waals surface area contributed by atoms with Crippen LogP contribution in [0.1, 0.15) is 49.3 Å². The Morgan fingerprint density at radius 1 is 1.43 bits per heavy atom.